The minimum atomic E-state index is -1.10. The lowest BCUT2D eigenvalue weighted by Crippen LogP contribution is -2.14. The second-order valence-corrected chi connectivity index (χ2v) is 5.77. The van der Waals surface area contributed by atoms with Crippen LogP contribution in [0.1, 0.15) is 42.9 Å². The topological polar surface area (TPSA) is 38.7 Å². The Morgan fingerprint density at radius 2 is 1.52 bits per heavy atom. The van der Waals surface area contributed by atoms with E-state index < -0.39 is 18.2 Å². The highest BCUT2D eigenvalue weighted by Gasteiger charge is 2.23. The van der Waals surface area contributed by atoms with E-state index in [9.17, 15) is 9.50 Å². The molecule has 1 atom stereocenters. The van der Waals surface area contributed by atoms with Crippen molar-refractivity contribution >= 4 is 15.9 Å². The van der Waals surface area contributed by atoms with Gasteiger partial charge in [-0.1, -0.05) is 36.4 Å². The van der Waals surface area contributed by atoms with E-state index in [1.165, 1.54) is 0 Å². The molecule has 1 N–H and O–H groups in total. The van der Waals surface area contributed by atoms with Gasteiger partial charge in [0.15, 0.2) is 6.29 Å². The van der Waals surface area contributed by atoms with Crippen LogP contribution in [-0.4, -0.2) is 18.3 Å². The quantitative estimate of drug-likeness (QED) is 0.702. The van der Waals surface area contributed by atoms with Gasteiger partial charge in [-0.2, -0.15) is 0 Å². The van der Waals surface area contributed by atoms with Gasteiger partial charge in [0.2, 0.25) is 0 Å². The van der Waals surface area contributed by atoms with Crippen LogP contribution in [-0.2, 0) is 9.47 Å². The summed E-state index contributed by atoms with van der Waals surface area (Å²) in [6.07, 6.45) is -1.70. The van der Waals surface area contributed by atoms with E-state index >= 15 is 0 Å². The molecule has 3 nitrogen and oxygen atoms in total. The number of hydrogen-bond acceptors (Lipinski definition) is 3. The molecule has 2 aromatic carbocycles. The molecule has 0 radical (unpaired) electrons. The lowest BCUT2D eigenvalue weighted by atomic mass is 9.96. The SMILES string of the molecule is CCOC(OCC)c1ccccc1[C@@H](O)c1cccc(Br)c1F. The summed E-state index contributed by atoms with van der Waals surface area (Å²) in [5, 5.41) is 10.7. The smallest absolute Gasteiger partial charge is 0.184 e. The molecule has 0 amide bonds. The van der Waals surface area contributed by atoms with Gasteiger partial charge in [-0.3, -0.25) is 0 Å². The summed E-state index contributed by atoms with van der Waals surface area (Å²) >= 11 is 3.15. The highest BCUT2D eigenvalue weighted by atomic mass is 79.9. The lowest BCUT2D eigenvalue weighted by Gasteiger charge is -2.23. The minimum Gasteiger partial charge on any atom is -0.384 e. The van der Waals surface area contributed by atoms with Crippen LogP contribution in [0.25, 0.3) is 0 Å². The van der Waals surface area contributed by atoms with Crippen LogP contribution < -0.4 is 0 Å². The first kappa shape index (κ1) is 18.1. The molecule has 0 fully saturated rings. The number of hydrogen-bond donors (Lipinski definition) is 1. The minimum absolute atomic E-state index is 0.207. The largest absolute Gasteiger partial charge is 0.384 e. The third-order valence-electron chi connectivity index (χ3n) is 3.46. The average Bonchev–Trinajstić information content (AvgIpc) is 2.56. The lowest BCUT2D eigenvalue weighted by molar-refractivity contribution is -0.141. The second-order valence-electron chi connectivity index (χ2n) is 4.92. The molecule has 2 rings (SSSR count). The fraction of sp³-hybridized carbons (Fsp3) is 0.333. The zero-order chi connectivity index (χ0) is 16.8. The Morgan fingerprint density at radius 1 is 0.957 bits per heavy atom. The van der Waals surface area contributed by atoms with Crippen molar-refractivity contribution in [3.63, 3.8) is 0 Å². The van der Waals surface area contributed by atoms with E-state index in [0.29, 0.717) is 28.8 Å². The van der Waals surface area contributed by atoms with Gasteiger partial charge in [0.25, 0.3) is 0 Å². The summed E-state index contributed by atoms with van der Waals surface area (Å²) in [6.45, 7) is 4.69. The molecule has 0 aromatic heterocycles. The molecule has 5 heteroatoms. The molecule has 0 heterocycles. The van der Waals surface area contributed by atoms with E-state index in [4.69, 9.17) is 9.47 Å². The van der Waals surface area contributed by atoms with Crippen LogP contribution >= 0.6 is 15.9 Å². The molecule has 0 spiro atoms. The van der Waals surface area contributed by atoms with Crippen molar-refractivity contribution in [1.82, 2.24) is 0 Å². The first-order valence-corrected chi connectivity index (χ1v) is 8.33. The monoisotopic (exact) mass is 382 g/mol. The van der Waals surface area contributed by atoms with Gasteiger partial charge in [0.1, 0.15) is 11.9 Å². The molecule has 0 aliphatic rings. The van der Waals surface area contributed by atoms with Crippen molar-refractivity contribution in [1.29, 1.82) is 0 Å². The van der Waals surface area contributed by atoms with Crippen LogP contribution in [0.3, 0.4) is 0 Å². The fourth-order valence-corrected chi connectivity index (χ4v) is 2.79. The molecular weight excluding hydrogens is 363 g/mol. The Hall–Kier alpha value is -1.27. The zero-order valence-corrected chi connectivity index (χ0v) is 14.7. The summed E-state index contributed by atoms with van der Waals surface area (Å²) in [5.74, 6) is -0.473. The Labute approximate surface area is 144 Å². The van der Waals surface area contributed by atoms with Crippen molar-refractivity contribution < 1.29 is 19.0 Å². The third kappa shape index (κ3) is 4.18. The van der Waals surface area contributed by atoms with Gasteiger partial charge in [0.05, 0.1) is 4.47 Å². The molecule has 0 unspecified atom stereocenters. The fourth-order valence-electron chi connectivity index (χ4n) is 2.40. The van der Waals surface area contributed by atoms with E-state index in [1.54, 1.807) is 30.3 Å². The molecule has 2 aromatic rings. The highest BCUT2D eigenvalue weighted by molar-refractivity contribution is 9.10. The molecule has 0 saturated heterocycles. The van der Waals surface area contributed by atoms with Crippen molar-refractivity contribution in [3.05, 3.63) is 69.4 Å². The predicted octanol–water partition coefficient (Wildman–Crippen LogP) is 4.74. The maximum absolute atomic E-state index is 14.3. The Morgan fingerprint density at radius 3 is 2.13 bits per heavy atom. The van der Waals surface area contributed by atoms with Gasteiger partial charge >= 0.3 is 0 Å². The summed E-state index contributed by atoms with van der Waals surface area (Å²) < 4.78 is 25.8. The van der Waals surface area contributed by atoms with Crippen LogP contribution in [0.2, 0.25) is 0 Å². The maximum Gasteiger partial charge on any atom is 0.184 e. The van der Waals surface area contributed by atoms with Crippen molar-refractivity contribution in [2.45, 2.75) is 26.2 Å². The molecule has 23 heavy (non-hydrogen) atoms. The highest BCUT2D eigenvalue weighted by Crippen LogP contribution is 2.33. The van der Waals surface area contributed by atoms with Gasteiger partial charge < -0.3 is 14.6 Å². The number of halogens is 2. The molecule has 0 bridgehead atoms. The zero-order valence-electron chi connectivity index (χ0n) is 13.1. The summed E-state index contributed by atoms with van der Waals surface area (Å²) in [4.78, 5) is 0. The molecule has 0 aliphatic heterocycles. The summed E-state index contributed by atoms with van der Waals surface area (Å²) in [5.41, 5.74) is 1.47. The first-order valence-electron chi connectivity index (χ1n) is 7.54. The third-order valence-corrected chi connectivity index (χ3v) is 4.07. The van der Waals surface area contributed by atoms with E-state index in [1.807, 2.05) is 26.0 Å². The second kappa shape index (κ2) is 8.55. The van der Waals surface area contributed by atoms with E-state index in [0.717, 1.165) is 0 Å². The Kier molecular flexibility index (Phi) is 6.72. The number of rotatable bonds is 7. The summed E-state index contributed by atoms with van der Waals surface area (Å²) in [6, 6.07) is 12.1. The van der Waals surface area contributed by atoms with Gasteiger partial charge in [-0.15, -0.1) is 0 Å². The number of ether oxygens (including phenoxy) is 2. The maximum atomic E-state index is 14.3. The number of aliphatic hydroxyl groups excluding tert-OH is 1. The number of benzene rings is 2. The predicted molar refractivity (Wildman–Crippen MR) is 90.6 cm³/mol. The van der Waals surface area contributed by atoms with Gasteiger partial charge in [-0.05, 0) is 41.4 Å². The van der Waals surface area contributed by atoms with Crippen LogP contribution in [0.4, 0.5) is 4.39 Å². The average molecular weight is 383 g/mol. The molecule has 0 saturated carbocycles. The first-order chi connectivity index (χ1) is 11.1. The van der Waals surface area contributed by atoms with E-state index in [2.05, 4.69) is 15.9 Å². The molecule has 0 aliphatic carbocycles. The Bertz CT molecular complexity index is 642. The standard InChI is InChI=1S/C18H20BrFO3/c1-3-22-18(23-4-2)13-9-6-5-8-12(13)17(21)14-10-7-11-15(19)16(14)20/h5-11,17-18,21H,3-4H2,1-2H3/t17-/m1/s1. The Balaban J connectivity index is 2.44. The van der Waals surface area contributed by atoms with Crippen molar-refractivity contribution in [3.8, 4) is 0 Å². The molecule has 124 valence electrons. The van der Waals surface area contributed by atoms with Gasteiger partial charge in [0, 0.05) is 24.3 Å². The molecular formula is C18H20BrFO3. The van der Waals surface area contributed by atoms with Crippen LogP contribution in [0.15, 0.2) is 46.9 Å². The number of aliphatic hydroxyl groups is 1. The van der Waals surface area contributed by atoms with Crippen LogP contribution in [0, 0.1) is 5.82 Å². The van der Waals surface area contributed by atoms with Crippen molar-refractivity contribution in [2.75, 3.05) is 13.2 Å². The van der Waals surface area contributed by atoms with Crippen LogP contribution in [0.5, 0.6) is 0 Å². The van der Waals surface area contributed by atoms with Gasteiger partial charge in [-0.25, -0.2) is 4.39 Å². The summed E-state index contributed by atoms with van der Waals surface area (Å²) in [7, 11) is 0. The van der Waals surface area contributed by atoms with Crippen molar-refractivity contribution in [2.24, 2.45) is 0 Å². The van der Waals surface area contributed by atoms with E-state index in [-0.39, 0.29) is 5.56 Å². The normalized spacial score (nSPS) is 12.6.